The Morgan fingerprint density at radius 1 is 1.62 bits per heavy atom. The van der Waals surface area contributed by atoms with E-state index in [1.165, 1.54) is 4.88 Å². The second-order valence-electron chi connectivity index (χ2n) is 3.33. The van der Waals surface area contributed by atoms with E-state index in [1.54, 1.807) is 11.3 Å². The molecule has 0 aromatic carbocycles. The van der Waals surface area contributed by atoms with Crippen LogP contribution in [0.2, 0.25) is 0 Å². The molecule has 2 N–H and O–H groups in total. The molecule has 0 saturated carbocycles. The molecule has 0 fully saturated rings. The summed E-state index contributed by atoms with van der Waals surface area (Å²) in [6.45, 7) is 1.03. The Morgan fingerprint density at radius 2 is 2.31 bits per heavy atom. The third kappa shape index (κ3) is 3.38. The van der Waals surface area contributed by atoms with Crippen LogP contribution in [0.15, 0.2) is 15.9 Å². The maximum atomic E-state index is 6.04. The molecule has 0 saturated heterocycles. The van der Waals surface area contributed by atoms with Crippen LogP contribution in [0.4, 0.5) is 0 Å². The third-order valence-electron chi connectivity index (χ3n) is 1.87. The van der Waals surface area contributed by atoms with Gasteiger partial charge in [-0.25, -0.2) is 0 Å². The highest BCUT2D eigenvalue weighted by atomic mass is 79.9. The summed E-state index contributed by atoms with van der Waals surface area (Å²) < 4.78 is 1.14. The highest BCUT2D eigenvalue weighted by molar-refractivity contribution is 9.10. The molecule has 0 aliphatic carbocycles. The minimum atomic E-state index is 0.164. The first-order chi connectivity index (χ1) is 6.11. The Morgan fingerprint density at radius 3 is 2.77 bits per heavy atom. The van der Waals surface area contributed by atoms with Crippen molar-refractivity contribution in [2.45, 2.75) is 12.5 Å². The van der Waals surface area contributed by atoms with Crippen LogP contribution in [0.5, 0.6) is 0 Å². The van der Waals surface area contributed by atoms with Gasteiger partial charge >= 0.3 is 0 Å². The fraction of sp³-hybridized carbons (Fsp3) is 0.556. The SMILES string of the molecule is CN(C)CCC(N)c1sccc1Br. The van der Waals surface area contributed by atoms with Crippen LogP contribution in [-0.2, 0) is 0 Å². The van der Waals surface area contributed by atoms with Gasteiger partial charge in [-0.05, 0) is 54.4 Å². The van der Waals surface area contributed by atoms with E-state index < -0.39 is 0 Å². The zero-order valence-corrected chi connectivity index (χ0v) is 10.4. The van der Waals surface area contributed by atoms with E-state index in [4.69, 9.17) is 5.73 Å². The summed E-state index contributed by atoms with van der Waals surface area (Å²) in [7, 11) is 4.13. The van der Waals surface area contributed by atoms with E-state index in [0.717, 1.165) is 17.4 Å². The van der Waals surface area contributed by atoms with Gasteiger partial charge in [0, 0.05) is 15.4 Å². The molecule has 1 atom stereocenters. The van der Waals surface area contributed by atoms with Gasteiger partial charge in [0.05, 0.1) is 0 Å². The summed E-state index contributed by atoms with van der Waals surface area (Å²) >= 11 is 5.21. The largest absolute Gasteiger partial charge is 0.323 e. The number of thiophene rings is 1. The van der Waals surface area contributed by atoms with Gasteiger partial charge in [-0.1, -0.05) is 0 Å². The normalized spacial score (nSPS) is 13.6. The van der Waals surface area contributed by atoms with Crippen LogP contribution in [0.1, 0.15) is 17.3 Å². The molecular formula is C9H15BrN2S. The van der Waals surface area contributed by atoms with E-state index in [2.05, 4.69) is 46.4 Å². The van der Waals surface area contributed by atoms with Crippen LogP contribution in [0.3, 0.4) is 0 Å². The molecule has 4 heteroatoms. The first kappa shape index (κ1) is 11.2. The Balaban J connectivity index is 2.49. The molecule has 1 rings (SSSR count). The number of hydrogen-bond donors (Lipinski definition) is 1. The second-order valence-corrected chi connectivity index (χ2v) is 5.13. The van der Waals surface area contributed by atoms with Gasteiger partial charge < -0.3 is 10.6 Å². The monoisotopic (exact) mass is 262 g/mol. The number of hydrogen-bond acceptors (Lipinski definition) is 3. The lowest BCUT2D eigenvalue weighted by molar-refractivity contribution is 0.383. The van der Waals surface area contributed by atoms with Crippen molar-refractivity contribution in [3.05, 3.63) is 20.8 Å². The fourth-order valence-corrected chi connectivity index (χ4v) is 2.80. The van der Waals surface area contributed by atoms with Crippen molar-refractivity contribution in [2.75, 3.05) is 20.6 Å². The standard InChI is InChI=1S/C9H15BrN2S/c1-12(2)5-3-8(11)9-7(10)4-6-13-9/h4,6,8H,3,5,11H2,1-2H3. The van der Waals surface area contributed by atoms with Crippen LogP contribution >= 0.6 is 27.3 Å². The molecule has 0 bridgehead atoms. The molecule has 0 spiro atoms. The highest BCUT2D eigenvalue weighted by Crippen LogP contribution is 2.29. The van der Waals surface area contributed by atoms with Gasteiger partial charge in [-0.2, -0.15) is 0 Å². The minimum Gasteiger partial charge on any atom is -0.323 e. The lowest BCUT2D eigenvalue weighted by Crippen LogP contribution is -2.19. The molecule has 74 valence electrons. The highest BCUT2D eigenvalue weighted by Gasteiger charge is 2.10. The maximum absolute atomic E-state index is 6.04. The van der Waals surface area contributed by atoms with Crippen molar-refractivity contribution in [3.8, 4) is 0 Å². The molecule has 0 amide bonds. The zero-order chi connectivity index (χ0) is 9.84. The summed E-state index contributed by atoms with van der Waals surface area (Å²) in [6.07, 6.45) is 1.01. The molecular weight excluding hydrogens is 248 g/mol. The summed E-state index contributed by atoms with van der Waals surface area (Å²) in [5.74, 6) is 0. The van der Waals surface area contributed by atoms with Crippen LogP contribution in [-0.4, -0.2) is 25.5 Å². The van der Waals surface area contributed by atoms with Crippen molar-refractivity contribution in [2.24, 2.45) is 5.73 Å². The maximum Gasteiger partial charge on any atom is 0.0413 e. The van der Waals surface area contributed by atoms with Crippen molar-refractivity contribution in [1.29, 1.82) is 0 Å². The van der Waals surface area contributed by atoms with Crippen molar-refractivity contribution in [1.82, 2.24) is 4.90 Å². The fourth-order valence-electron chi connectivity index (χ4n) is 1.10. The zero-order valence-electron chi connectivity index (χ0n) is 7.96. The Hall–Kier alpha value is 0.100. The lowest BCUT2D eigenvalue weighted by atomic mass is 10.2. The molecule has 0 aliphatic heterocycles. The molecule has 2 nitrogen and oxygen atoms in total. The number of rotatable bonds is 4. The lowest BCUT2D eigenvalue weighted by Gasteiger charge is -2.14. The van der Waals surface area contributed by atoms with Gasteiger partial charge in [0.1, 0.15) is 0 Å². The molecule has 13 heavy (non-hydrogen) atoms. The molecule has 1 unspecified atom stereocenters. The van der Waals surface area contributed by atoms with Crippen molar-refractivity contribution >= 4 is 27.3 Å². The first-order valence-electron chi connectivity index (χ1n) is 4.24. The summed E-state index contributed by atoms with van der Waals surface area (Å²) in [4.78, 5) is 3.41. The van der Waals surface area contributed by atoms with Crippen LogP contribution < -0.4 is 5.73 Å². The molecule has 1 aromatic rings. The van der Waals surface area contributed by atoms with Gasteiger partial charge in [0.2, 0.25) is 0 Å². The molecule has 1 heterocycles. The number of nitrogens with two attached hydrogens (primary N) is 1. The Kier molecular flexibility index (Phi) is 4.38. The first-order valence-corrected chi connectivity index (χ1v) is 5.91. The number of nitrogens with zero attached hydrogens (tertiary/aromatic N) is 1. The summed E-state index contributed by atoms with van der Waals surface area (Å²) in [5.41, 5.74) is 6.04. The van der Waals surface area contributed by atoms with E-state index in [9.17, 15) is 0 Å². The van der Waals surface area contributed by atoms with Crippen LogP contribution in [0, 0.1) is 0 Å². The third-order valence-corrected chi connectivity index (χ3v) is 3.87. The van der Waals surface area contributed by atoms with E-state index in [1.807, 2.05) is 0 Å². The van der Waals surface area contributed by atoms with E-state index >= 15 is 0 Å². The van der Waals surface area contributed by atoms with Crippen molar-refractivity contribution in [3.63, 3.8) is 0 Å². The Labute approximate surface area is 91.9 Å². The molecule has 0 aliphatic rings. The summed E-state index contributed by atoms with van der Waals surface area (Å²) in [5, 5.41) is 2.06. The Bertz CT molecular complexity index is 260. The average molecular weight is 263 g/mol. The molecule has 0 radical (unpaired) electrons. The quantitative estimate of drug-likeness (QED) is 0.904. The summed E-state index contributed by atoms with van der Waals surface area (Å²) in [6, 6.07) is 2.21. The van der Waals surface area contributed by atoms with E-state index in [-0.39, 0.29) is 6.04 Å². The average Bonchev–Trinajstić information content (AvgIpc) is 2.47. The van der Waals surface area contributed by atoms with Crippen LogP contribution in [0.25, 0.3) is 0 Å². The van der Waals surface area contributed by atoms with Gasteiger partial charge in [0.25, 0.3) is 0 Å². The minimum absolute atomic E-state index is 0.164. The van der Waals surface area contributed by atoms with Crippen molar-refractivity contribution < 1.29 is 0 Å². The number of halogens is 1. The van der Waals surface area contributed by atoms with Gasteiger partial charge in [-0.3, -0.25) is 0 Å². The topological polar surface area (TPSA) is 29.3 Å². The predicted molar refractivity (Wildman–Crippen MR) is 62.1 cm³/mol. The smallest absolute Gasteiger partial charge is 0.0413 e. The predicted octanol–water partition coefficient (Wildman–Crippen LogP) is 2.46. The van der Waals surface area contributed by atoms with Gasteiger partial charge in [-0.15, -0.1) is 11.3 Å². The van der Waals surface area contributed by atoms with Gasteiger partial charge in [0.15, 0.2) is 0 Å². The van der Waals surface area contributed by atoms with E-state index in [0.29, 0.717) is 0 Å². The second kappa shape index (κ2) is 5.10. The molecule has 1 aromatic heterocycles.